The monoisotopic (exact) mass is 204 g/mol. The van der Waals surface area contributed by atoms with Gasteiger partial charge in [-0.1, -0.05) is 12.1 Å². The molecule has 0 radical (unpaired) electrons. The van der Waals surface area contributed by atoms with Crippen molar-refractivity contribution in [3.63, 3.8) is 0 Å². The third kappa shape index (κ3) is 2.57. The molecule has 1 fully saturated rings. The van der Waals surface area contributed by atoms with Crippen LogP contribution in [-0.4, -0.2) is 30.3 Å². The molecule has 1 saturated heterocycles. The zero-order chi connectivity index (χ0) is 10.7. The van der Waals surface area contributed by atoms with Crippen molar-refractivity contribution >= 4 is 11.5 Å². The maximum atomic E-state index is 11.9. The highest BCUT2D eigenvalue weighted by Crippen LogP contribution is 2.11. The maximum Gasteiger partial charge on any atom is 0.176 e. The fraction of sp³-hybridized carbons (Fsp3) is 0.417. The molecule has 0 spiro atoms. The van der Waals surface area contributed by atoms with Crippen LogP contribution < -0.4 is 5.73 Å². The van der Waals surface area contributed by atoms with Crippen LogP contribution in [0.5, 0.6) is 0 Å². The van der Waals surface area contributed by atoms with Gasteiger partial charge in [0.1, 0.15) is 0 Å². The number of ketones is 1. The van der Waals surface area contributed by atoms with E-state index in [4.69, 9.17) is 5.73 Å². The molecule has 15 heavy (non-hydrogen) atoms. The van der Waals surface area contributed by atoms with E-state index in [0.29, 0.717) is 12.2 Å². The Morgan fingerprint density at radius 2 is 2.07 bits per heavy atom. The minimum atomic E-state index is 0.171. The van der Waals surface area contributed by atoms with Gasteiger partial charge in [-0.05, 0) is 38.1 Å². The van der Waals surface area contributed by atoms with Crippen molar-refractivity contribution in [2.45, 2.75) is 12.8 Å². The lowest BCUT2D eigenvalue weighted by Crippen LogP contribution is -2.26. The predicted octanol–water partition coefficient (Wildman–Crippen LogP) is 1.55. The van der Waals surface area contributed by atoms with E-state index in [-0.39, 0.29) is 5.78 Å². The molecular formula is C12H16N2O. The Hall–Kier alpha value is -1.35. The largest absolute Gasteiger partial charge is 0.399 e. The molecule has 1 heterocycles. The molecule has 1 aliphatic heterocycles. The molecule has 0 unspecified atom stereocenters. The number of hydrogen-bond donors (Lipinski definition) is 1. The van der Waals surface area contributed by atoms with Crippen LogP contribution in [0, 0.1) is 0 Å². The van der Waals surface area contributed by atoms with E-state index < -0.39 is 0 Å². The number of carbonyl (C=O) groups is 1. The predicted molar refractivity (Wildman–Crippen MR) is 60.9 cm³/mol. The Morgan fingerprint density at radius 3 is 2.73 bits per heavy atom. The number of benzene rings is 1. The highest BCUT2D eigenvalue weighted by molar-refractivity contribution is 5.98. The van der Waals surface area contributed by atoms with Crippen molar-refractivity contribution in [2.75, 3.05) is 25.4 Å². The minimum Gasteiger partial charge on any atom is -0.399 e. The molecule has 0 aliphatic carbocycles. The van der Waals surface area contributed by atoms with Gasteiger partial charge in [0.15, 0.2) is 5.78 Å². The first-order valence-corrected chi connectivity index (χ1v) is 5.37. The third-order valence-electron chi connectivity index (χ3n) is 2.77. The van der Waals surface area contributed by atoms with Gasteiger partial charge in [-0.25, -0.2) is 0 Å². The summed E-state index contributed by atoms with van der Waals surface area (Å²) in [7, 11) is 0. The van der Waals surface area contributed by atoms with Crippen LogP contribution in [0.25, 0.3) is 0 Å². The third-order valence-corrected chi connectivity index (χ3v) is 2.77. The van der Waals surface area contributed by atoms with Gasteiger partial charge in [0, 0.05) is 11.3 Å². The summed E-state index contributed by atoms with van der Waals surface area (Å²) in [6.45, 7) is 2.63. The number of carbonyl (C=O) groups excluding carboxylic acids is 1. The molecule has 0 bridgehead atoms. The highest BCUT2D eigenvalue weighted by atomic mass is 16.1. The van der Waals surface area contributed by atoms with Crippen molar-refractivity contribution in [1.82, 2.24) is 4.90 Å². The van der Waals surface area contributed by atoms with Gasteiger partial charge in [-0.2, -0.15) is 0 Å². The molecule has 0 atom stereocenters. The topological polar surface area (TPSA) is 46.3 Å². The van der Waals surface area contributed by atoms with Gasteiger partial charge in [0.25, 0.3) is 0 Å². The molecule has 2 N–H and O–H groups in total. The number of anilines is 1. The van der Waals surface area contributed by atoms with Crippen molar-refractivity contribution in [2.24, 2.45) is 0 Å². The molecule has 3 nitrogen and oxygen atoms in total. The lowest BCUT2D eigenvalue weighted by atomic mass is 10.1. The van der Waals surface area contributed by atoms with E-state index >= 15 is 0 Å². The molecule has 0 amide bonds. The summed E-state index contributed by atoms with van der Waals surface area (Å²) in [6.07, 6.45) is 2.43. The van der Waals surface area contributed by atoms with E-state index in [1.807, 2.05) is 12.1 Å². The van der Waals surface area contributed by atoms with Crippen LogP contribution in [-0.2, 0) is 0 Å². The minimum absolute atomic E-state index is 0.171. The normalized spacial score (nSPS) is 16.8. The fourth-order valence-electron chi connectivity index (χ4n) is 1.95. The smallest absolute Gasteiger partial charge is 0.176 e. The molecular weight excluding hydrogens is 188 g/mol. The zero-order valence-corrected chi connectivity index (χ0v) is 8.78. The van der Waals surface area contributed by atoms with E-state index in [2.05, 4.69) is 4.90 Å². The van der Waals surface area contributed by atoms with Crippen LogP contribution in [0.1, 0.15) is 23.2 Å². The maximum absolute atomic E-state index is 11.9. The number of Topliss-reactive ketones (excluding diaryl/α,β-unsaturated/α-hetero) is 1. The second-order valence-corrected chi connectivity index (χ2v) is 4.03. The summed E-state index contributed by atoms with van der Waals surface area (Å²) in [5, 5.41) is 0. The summed E-state index contributed by atoms with van der Waals surface area (Å²) in [5.41, 5.74) is 7.02. The van der Waals surface area contributed by atoms with Gasteiger partial charge < -0.3 is 5.73 Å². The van der Waals surface area contributed by atoms with E-state index in [0.717, 1.165) is 18.7 Å². The van der Waals surface area contributed by atoms with Crippen molar-refractivity contribution in [3.8, 4) is 0 Å². The summed E-state index contributed by atoms with van der Waals surface area (Å²) in [4.78, 5) is 14.1. The first-order valence-electron chi connectivity index (χ1n) is 5.37. The van der Waals surface area contributed by atoms with Gasteiger partial charge in [0.2, 0.25) is 0 Å². The number of likely N-dealkylation sites (tertiary alicyclic amines) is 1. The Kier molecular flexibility index (Phi) is 3.02. The second-order valence-electron chi connectivity index (χ2n) is 4.03. The number of hydrogen-bond acceptors (Lipinski definition) is 3. The zero-order valence-electron chi connectivity index (χ0n) is 8.78. The van der Waals surface area contributed by atoms with Crippen molar-refractivity contribution in [3.05, 3.63) is 29.8 Å². The van der Waals surface area contributed by atoms with Crippen LogP contribution in [0.4, 0.5) is 5.69 Å². The Bertz CT molecular complexity index is 356. The second kappa shape index (κ2) is 4.45. The van der Waals surface area contributed by atoms with Crippen LogP contribution in [0.15, 0.2) is 24.3 Å². The molecule has 0 saturated carbocycles. The number of nitrogen functional groups attached to an aromatic ring is 1. The van der Waals surface area contributed by atoms with Crippen molar-refractivity contribution in [1.29, 1.82) is 0 Å². The SMILES string of the molecule is Nc1cccc(C(=O)CN2CCCC2)c1. The number of rotatable bonds is 3. The van der Waals surface area contributed by atoms with Gasteiger partial charge in [0.05, 0.1) is 6.54 Å². The number of nitrogens with two attached hydrogens (primary N) is 1. The van der Waals surface area contributed by atoms with E-state index in [1.165, 1.54) is 12.8 Å². The van der Waals surface area contributed by atoms with Gasteiger partial charge >= 0.3 is 0 Å². The molecule has 0 aromatic heterocycles. The Morgan fingerprint density at radius 1 is 1.33 bits per heavy atom. The number of nitrogens with zero attached hydrogens (tertiary/aromatic N) is 1. The summed E-state index contributed by atoms with van der Waals surface area (Å²) in [5.74, 6) is 0.171. The Balaban J connectivity index is 2.01. The molecule has 3 heteroatoms. The first-order chi connectivity index (χ1) is 7.25. The van der Waals surface area contributed by atoms with Crippen LogP contribution >= 0.6 is 0 Å². The summed E-state index contributed by atoms with van der Waals surface area (Å²) >= 11 is 0. The Labute approximate surface area is 89.9 Å². The van der Waals surface area contributed by atoms with Crippen LogP contribution in [0.2, 0.25) is 0 Å². The molecule has 1 aliphatic rings. The highest BCUT2D eigenvalue weighted by Gasteiger charge is 2.15. The standard InChI is InChI=1S/C12H16N2O/c13-11-5-3-4-10(8-11)12(15)9-14-6-1-2-7-14/h3-5,8H,1-2,6-7,9,13H2. The quantitative estimate of drug-likeness (QED) is 0.600. The lowest BCUT2D eigenvalue weighted by Gasteiger charge is -2.13. The lowest BCUT2D eigenvalue weighted by molar-refractivity contribution is 0.0945. The fourth-order valence-corrected chi connectivity index (χ4v) is 1.95. The van der Waals surface area contributed by atoms with Crippen LogP contribution in [0.3, 0.4) is 0 Å². The molecule has 2 rings (SSSR count). The van der Waals surface area contributed by atoms with E-state index in [9.17, 15) is 4.79 Å². The first kappa shape index (κ1) is 10.2. The summed E-state index contributed by atoms with van der Waals surface area (Å²) in [6, 6.07) is 7.20. The molecule has 1 aromatic rings. The van der Waals surface area contributed by atoms with Gasteiger partial charge in [-0.3, -0.25) is 9.69 Å². The average molecular weight is 204 g/mol. The average Bonchev–Trinajstić information content (AvgIpc) is 2.70. The summed E-state index contributed by atoms with van der Waals surface area (Å²) < 4.78 is 0. The molecule has 1 aromatic carbocycles. The van der Waals surface area contributed by atoms with Gasteiger partial charge in [-0.15, -0.1) is 0 Å². The molecule has 80 valence electrons. The van der Waals surface area contributed by atoms with Crippen molar-refractivity contribution < 1.29 is 4.79 Å². The van der Waals surface area contributed by atoms with E-state index in [1.54, 1.807) is 12.1 Å².